The number of nitrogens with one attached hydrogen (secondary N) is 2. The van der Waals surface area contributed by atoms with Gasteiger partial charge in [-0.05, 0) is 50.7 Å². The average molecular weight is 426 g/mol. The normalized spacial score (nSPS) is 26.6. The van der Waals surface area contributed by atoms with E-state index in [1.165, 1.54) is 13.0 Å². The van der Waals surface area contributed by atoms with Gasteiger partial charge in [-0.1, -0.05) is 13.0 Å². The molecule has 0 saturated heterocycles. The van der Waals surface area contributed by atoms with Gasteiger partial charge in [0.15, 0.2) is 0 Å². The van der Waals surface area contributed by atoms with Crippen molar-refractivity contribution in [1.29, 1.82) is 5.26 Å². The fourth-order valence-electron chi connectivity index (χ4n) is 4.31. The number of halogens is 2. The Morgan fingerprint density at radius 1 is 1.21 bits per heavy atom. The zero-order valence-electron chi connectivity index (χ0n) is 16.5. The van der Waals surface area contributed by atoms with Crippen molar-refractivity contribution in [2.24, 2.45) is 5.41 Å². The number of carbonyl (C=O) groups excluding carboxylic acids is 1. The summed E-state index contributed by atoms with van der Waals surface area (Å²) < 4.78 is 53.8. The number of nitriles is 1. The largest absolute Gasteiger partial charge is 0.347 e. The predicted octanol–water partition coefficient (Wildman–Crippen LogP) is 3.91. The van der Waals surface area contributed by atoms with Crippen LogP contribution in [0.1, 0.15) is 67.8 Å². The van der Waals surface area contributed by atoms with Crippen LogP contribution < -0.4 is 10.0 Å². The first-order valence-corrected chi connectivity index (χ1v) is 11.6. The van der Waals surface area contributed by atoms with E-state index in [4.69, 9.17) is 0 Å². The Morgan fingerprint density at radius 3 is 2.28 bits per heavy atom. The number of benzene rings is 1. The minimum Gasteiger partial charge on any atom is -0.347 e. The highest BCUT2D eigenvalue weighted by Gasteiger charge is 2.49. The Kier molecular flexibility index (Phi) is 5.37. The molecule has 158 valence electrons. The third-order valence-electron chi connectivity index (χ3n) is 6.29. The van der Waals surface area contributed by atoms with Crippen LogP contribution in [0.2, 0.25) is 0 Å². The molecule has 6 nitrogen and oxygen atoms in total. The standard InChI is InChI=1S/C20H25F2N3O3S/c1-3-20(21,22)14-4-5-15(16(12-14)25-29(2,27)28)17(26)24-19-9-6-18(13-23,7-10-19)8-11-19/h4-5,12,25H,3,6-11H2,1-2H3,(H,24,26). The van der Waals surface area contributed by atoms with Crippen molar-refractivity contribution >= 4 is 21.6 Å². The number of hydrogen-bond acceptors (Lipinski definition) is 4. The van der Waals surface area contributed by atoms with Crippen LogP contribution in [0, 0.1) is 16.7 Å². The summed E-state index contributed by atoms with van der Waals surface area (Å²) in [6.07, 6.45) is 4.61. The maximum Gasteiger partial charge on any atom is 0.273 e. The van der Waals surface area contributed by atoms with Gasteiger partial charge in [0.2, 0.25) is 10.0 Å². The third-order valence-corrected chi connectivity index (χ3v) is 6.88. The van der Waals surface area contributed by atoms with E-state index in [1.807, 2.05) is 0 Å². The molecular formula is C20H25F2N3O3S. The molecule has 2 bridgehead atoms. The summed E-state index contributed by atoms with van der Waals surface area (Å²) in [6.45, 7) is 1.33. The molecular weight excluding hydrogens is 400 g/mol. The van der Waals surface area contributed by atoms with Gasteiger partial charge in [-0.25, -0.2) is 17.2 Å². The van der Waals surface area contributed by atoms with Crippen LogP contribution in [-0.4, -0.2) is 26.1 Å². The summed E-state index contributed by atoms with van der Waals surface area (Å²) >= 11 is 0. The van der Waals surface area contributed by atoms with Crippen molar-refractivity contribution < 1.29 is 22.0 Å². The number of amides is 1. The molecule has 0 heterocycles. The Bertz CT molecular complexity index is 945. The second kappa shape index (κ2) is 7.24. The van der Waals surface area contributed by atoms with Crippen LogP contribution in [0.4, 0.5) is 14.5 Å². The predicted molar refractivity (Wildman–Crippen MR) is 105 cm³/mol. The molecule has 1 aromatic rings. The first-order valence-electron chi connectivity index (χ1n) is 9.67. The van der Waals surface area contributed by atoms with E-state index in [-0.39, 0.29) is 22.2 Å². The van der Waals surface area contributed by atoms with E-state index >= 15 is 0 Å². The lowest BCUT2D eigenvalue weighted by Gasteiger charge is -2.50. The number of fused-ring (bicyclic) bond motifs is 3. The number of alkyl halides is 2. The van der Waals surface area contributed by atoms with Crippen molar-refractivity contribution in [2.75, 3.05) is 11.0 Å². The smallest absolute Gasteiger partial charge is 0.273 e. The second-order valence-electron chi connectivity index (χ2n) is 8.32. The lowest BCUT2D eigenvalue weighted by molar-refractivity contribution is -0.00827. The summed E-state index contributed by atoms with van der Waals surface area (Å²) in [6, 6.07) is 5.83. The summed E-state index contributed by atoms with van der Waals surface area (Å²) in [5.41, 5.74) is -1.25. The second-order valence-corrected chi connectivity index (χ2v) is 10.1. The van der Waals surface area contributed by atoms with Gasteiger partial charge in [0.1, 0.15) is 0 Å². The van der Waals surface area contributed by atoms with Crippen LogP contribution in [0.5, 0.6) is 0 Å². The Hall–Kier alpha value is -2.21. The molecule has 4 rings (SSSR count). The van der Waals surface area contributed by atoms with Crippen molar-refractivity contribution in [3.63, 3.8) is 0 Å². The van der Waals surface area contributed by atoms with E-state index in [2.05, 4.69) is 16.1 Å². The molecule has 3 aliphatic rings. The summed E-state index contributed by atoms with van der Waals surface area (Å²) in [5.74, 6) is -3.64. The van der Waals surface area contributed by atoms with Gasteiger partial charge >= 0.3 is 0 Å². The highest BCUT2D eigenvalue weighted by molar-refractivity contribution is 7.92. The number of hydrogen-bond donors (Lipinski definition) is 2. The summed E-state index contributed by atoms with van der Waals surface area (Å²) in [5, 5.41) is 12.4. The minimum atomic E-state index is -3.77. The molecule has 2 N–H and O–H groups in total. The molecule has 29 heavy (non-hydrogen) atoms. The molecule has 0 unspecified atom stereocenters. The lowest BCUT2D eigenvalue weighted by atomic mass is 9.58. The van der Waals surface area contributed by atoms with E-state index in [9.17, 15) is 27.3 Å². The zero-order valence-corrected chi connectivity index (χ0v) is 17.3. The number of carbonyl (C=O) groups is 1. The molecule has 3 saturated carbocycles. The lowest BCUT2D eigenvalue weighted by Crippen LogP contribution is -2.56. The highest BCUT2D eigenvalue weighted by atomic mass is 32.2. The van der Waals surface area contributed by atoms with E-state index in [0.29, 0.717) is 38.5 Å². The Labute approximate surface area is 169 Å². The third kappa shape index (κ3) is 4.37. The molecule has 1 amide bonds. The van der Waals surface area contributed by atoms with Gasteiger partial charge in [-0.2, -0.15) is 5.26 Å². The van der Waals surface area contributed by atoms with Crippen molar-refractivity contribution in [3.8, 4) is 6.07 Å². The fourth-order valence-corrected chi connectivity index (χ4v) is 4.88. The summed E-state index contributed by atoms with van der Waals surface area (Å²) in [7, 11) is -3.77. The van der Waals surface area contributed by atoms with Gasteiger partial charge in [0.25, 0.3) is 11.8 Å². The van der Waals surface area contributed by atoms with Crippen molar-refractivity contribution in [2.45, 2.75) is 63.3 Å². The van der Waals surface area contributed by atoms with Crippen molar-refractivity contribution in [1.82, 2.24) is 5.32 Å². The van der Waals surface area contributed by atoms with Gasteiger partial charge < -0.3 is 5.32 Å². The first kappa shape index (κ1) is 21.5. The maximum atomic E-state index is 14.1. The molecule has 3 fully saturated rings. The molecule has 0 atom stereocenters. The topological polar surface area (TPSA) is 99.1 Å². The minimum absolute atomic E-state index is 0.00291. The SMILES string of the molecule is CCC(F)(F)c1ccc(C(=O)NC23CCC(C#N)(CC2)CC3)c(NS(C)(=O)=O)c1. The van der Waals surface area contributed by atoms with Crippen LogP contribution >= 0.6 is 0 Å². The fraction of sp³-hybridized carbons (Fsp3) is 0.600. The van der Waals surface area contributed by atoms with Crippen LogP contribution in [0.15, 0.2) is 18.2 Å². The molecule has 0 spiro atoms. The van der Waals surface area contributed by atoms with Crippen molar-refractivity contribution in [3.05, 3.63) is 29.3 Å². The molecule has 3 aliphatic carbocycles. The van der Waals surface area contributed by atoms with Gasteiger partial charge in [0, 0.05) is 17.5 Å². The number of sulfonamides is 1. The summed E-state index contributed by atoms with van der Waals surface area (Å²) in [4.78, 5) is 13.0. The number of rotatable bonds is 6. The first-order chi connectivity index (χ1) is 13.4. The molecule has 0 aliphatic heterocycles. The highest BCUT2D eigenvalue weighted by Crippen LogP contribution is 2.52. The monoisotopic (exact) mass is 425 g/mol. The van der Waals surface area contributed by atoms with Gasteiger partial charge in [-0.3, -0.25) is 9.52 Å². The molecule has 0 radical (unpaired) electrons. The molecule has 9 heteroatoms. The van der Waals surface area contributed by atoms with Gasteiger partial charge in [-0.15, -0.1) is 0 Å². The van der Waals surface area contributed by atoms with Crippen LogP contribution in [-0.2, 0) is 15.9 Å². The number of anilines is 1. The Balaban J connectivity index is 1.89. The number of nitrogens with zero attached hydrogens (tertiary/aromatic N) is 1. The van der Waals surface area contributed by atoms with Gasteiger partial charge in [0.05, 0.1) is 29.0 Å². The maximum absolute atomic E-state index is 14.1. The zero-order chi connectivity index (χ0) is 21.5. The quantitative estimate of drug-likeness (QED) is 0.722. The van der Waals surface area contributed by atoms with Crippen LogP contribution in [0.25, 0.3) is 0 Å². The van der Waals surface area contributed by atoms with E-state index in [0.717, 1.165) is 18.4 Å². The molecule has 1 aromatic carbocycles. The Morgan fingerprint density at radius 2 is 1.79 bits per heavy atom. The van der Waals surface area contributed by atoms with E-state index < -0.39 is 33.8 Å². The van der Waals surface area contributed by atoms with Crippen LogP contribution in [0.3, 0.4) is 0 Å². The average Bonchev–Trinajstić information content (AvgIpc) is 2.68. The molecule has 0 aromatic heterocycles. The van der Waals surface area contributed by atoms with E-state index in [1.54, 1.807) is 0 Å².